The Balaban J connectivity index is 2.01. The van der Waals surface area contributed by atoms with Crippen molar-refractivity contribution in [3.8, 4) is 0 Å². The first-order valence-electron chi connectivity index (χ1n) is 6.26. The second kappa shape index (κ2) is 6.81. The zero-order chi connectivity index (χ0) is 15.2. The predicted octanol–water partition coefficient (Wildman–Crippen LogP) is 3.33. The molecule has 0 aliphatic heterocycles. The van der Waals surface area contributed by atoms with Gasteiger partial charge in [-0.1, -0.05) is 18.2 Å². The van der Waals surface area contributed by atoms with Gasteiger partial charge in [0.1, 0.15) is 0 Å². The van der Waals surface area contributed by atoms with Crippen molar-refractivity contribution in [2.75, 3.05) is 7.05 Å². The van der Waals surface area contributed by atoms with Crippen molar-refractivity contribution in [2.24, 2.45) is 0 Å². The number of non-ortho nitro benzene ring substituents is 1. The van der Waals surface area contributed by atoms with Crippen molar-refractivity contribution >= 4 is 29.0 Å². The number of nitro benzene ring substituents is 1. The van der Waals surface area contributed by atoms with Crippen LogP contribution in [0.2, 0.25) is 0 Å². The Morgan fingerprint density at radius 3 is 2.86 bits per heavy atom. The maximum atomic E-state index is 12.0. The molecule has 0 saturated heterocycles. The number of carbonyl (C=O) groups excluding carboxylic acids is 1. The quantitative estimate of drug-likeness (QED) is 0.483. The summed E-state index contributed by atoms with van der Waals surface area (Å²) in [5.74, 6) is -0.144. The summed E-state index contributed by atoms with van der Waals surface area (Å²) in [5.41, 5.74) is 0.638. The molecule has 0 aliphatic rings. The number of likely N-dealkylation sites (N-methyl/N-ethyl adjacent to an activating group) is 1. The number of hydrogen-bond donors (Lipinski definition) is 0. The minimum Gasteiger partial charge on any atom is -0.337 e. The molecule has 2 aromatic rings. The van der Waals surface area contributed by atoms with Crippen LogP contribution in [0.1, 0.15) is 10.4 Å². The predicted molar refractivity (Wildman–Crippen MR) is 82.9 cm³/mol. The van der Waals surface area contributed by atoms with Gasteiger partial charge in [-0.2, -0.15) is 0 Å². The lowest BCUT2D eigenvalue weighted by Crippen LogP contribution is -2.23. The normalized spacial score (nSPS) is 10.7. The summed E-state index contributed by atoms with van der Waals surface area (Å²) in [6.45, 7) is 0.551. The van der Waals surface area contributed by atoms with E-state index in [9.17, 15) is 14.9 Å². The summed E-state index contributed by atoms with van der Waals surface area (Å²) in [6.07, 6.45) is 3.01. The molecule has 0 atom stereocenters. The molecule has 21 heavy (non-hydrogen) atoms. The van der Waals surface area contributed by atoms with Gasteiger partial charge in [0.15, 0.2) is 0 Å². The van der Waals surface area contributed by atoms with Crippen LogP contribution in [0.4, 0.5) is 5.69 Å². The molecule has 0 bridgehead atoms. The van der Waals surface area contributed by atoms with Crippen LogP contribution in [0.15, 0.2) is 47.9 Å². The molecule has 0 saturated carbocycles. The van der Waals surface area contributed by atoms with E-state index in [0.29, 0.717) is 12.1 Å². The van der Waals surface area contributed by atoms with Crippen LogP contribution in [-0.4, -0.2) is 22.8 Å². The van der Waals surface area contributed by atoms with E-state index in [0.717, 1.165) is 4.88 Å². The number of nitro groups is 1. The van der Waals surface area contributed by atoms with Crippen molar-refractivity contribution in [1.82, 2.24) is 4.90 Å². The van der Waals surface area contributed by atoms with E-state index in [1.54, 1.807) is 41.5 Å². The molecule has 0 unspecified atom stereocenters. The molecule has 1 heterocycles. The van der Waals surface area contributed by atoms with E-state index in [4.69, 9.17) is 0 Å². The van der Waals surface area contributed by atoms with Gasteiger partial charge in [0.05, 0.1) is 11.5 Å². The van der Waals surface area contributed by atoms with Gasteiger partial charge in [0, 0.05) is 30.1 Å². The van der Waals surface area contributed by atoms with Crippen molar-refractivity contribution < 1.29 is 9.72 Å². The van der Waals surface area contributed by atoms with Crippen LogP contribution in [0.3, 0.4) is 0 Å². The number of benzene rings is 1. The summed E-state index contributed by atoms with van der Waals surface area (Å²) in [4.78, 5) is 24.9. The third-order valence-electron chi connectivity index (χ3n) is 2.85. The Bertz CT molecular complexity index is 665. The highest BCUT2D eigenvalue weighted by atomic mass is 32.1. The van der Waals surface area contributed by atoms with Gasteiger partial charge in [0.25, 0.3) is 5.69 Å². The highest BCUT2D eigenvalue weighted by Crippen LogP contribution is 2.15. The molecule has 0 N–H and O–H groups in total. The van der Waals surface area contributed by atoms with E-state index < -0.39 is 4.92 Å². The van der Waals surface area contributed by atoms with E-state index in [1.165, 1.54) is 18.2 Å². The first-order valence-corrected chi connectivity index (χ1v) is 7.14. The Kier molecular flexibility index (Phi) is 4.84. The van der Waals surface area contributed by atoms with E-state index in [-0.39, 0.29) is 11.6 Å². The molecule has 1 amide bonds. The van der Waals surface area contributed by atoms with E-state index in [2.05, 4.69) is 0 Å². The first-order chi connectivity index (χ1) is 10.1. The smallest absolute Gasteiger partial charge is 0.270 e. The number of nitrogens with zero attached hydrogens (tertiary/aromatic N) is 2. The van der Waals surface area contributed by atoms with Crippen LogP contribution >= 0.6 is 11.3 Å². The number of rotatable bonds is 5. The second-order valence-electron chi connectivity index (χ2n) is 4.46. The third-order valence-corrected chi connectivity index (χ3v) is 3.71. The SMILES string of the molecule is CN(Cc1cccs1)C(=O)/C=C/c1cccc([N+](=O)[O-])c1. The number of carbonyl (C=O) groups is 1. The fourth-order valence-electron chi connectivity index (χ4n) is 1.75. The third kappa shape index (κ3) is 4.25. The van der Waals surface area contributed by atoms with Gasteiger partial charge in [-0.25, -0.2) is 0 Å². The van der Waals surface area contributed by atoms with Crippen LogP contribution in [-0.2, 0) is 11.3 Å². The highest BCUT2D eigenvalue weighted by molar-refractivity contribution is 7.09. The molecule has 108 valence electrons. The lowest BCUT2D eigenvalue weighted by molar-refractivity contribution is -0.384. The average molecular weight is 302 g/mol. The van der Waals surface area contributed by atoms with Crippen LogP contribution in [0.5, 0.6) is 0 Å². The maximum Gasteiger partial charge on any atom is 0.270 e. The lowest BCUT2D eigenvalue weighted by atomic mass is 10.2. The van der Waals surface area contributed by atoms with Gasteiger partial charge in [-0.05, 0) is 23.1 Å². The highest BCUT2D eigenvalue weighted by Gasteiger charge is 2.07. The second-order valence-corrected chi connectivity index (χ2v) is 5.49. The van der Waals surface area contributed by atoms with E-state index in [1.807, 2.05) is 17.5 Å². The molecular weight excluding hydrogens is 288 g/mol. The van der Waals surface area contributed by atoms with Crippen LogP contribution in [0.25, 0.3) is 6.08 Å². The summed E-state index contributed by atoms with van der Waals surface area (Å²) < 4.78 is 0. The largest absolute Gasteiger partial charge is 0.337 e. The van der Waals surface area contributed by atoms with Crippen molar-refractivity contribution in [2.45, 2.75) is 6.54 Å². The average Bonchev–Trinajstić information content (AvgIpc) is 2.97. The molecule has 0 aliphatic carbocycles. The van der Waals surface area contributed by atoms with Gasteiger partial charge in [-0.3, -0.25) is 14.9 Å². The zero-order valence-electron chi connectivity index (χ0n) is 11.4. The minimum atomic E-state index is -0.456. The molecule has 2 rings (SSSR count). The van der Waals surface area contributed by atoms with Crippen LogP contribution < -0.4 is 0 Å². The maximum absolute atomic E-state index is 12.0. The standard InChI is InChI=1S/C15H14N2O3S/c1-16(11-14-6-3-9-21-14)15(18)8-7-12-4-2-5-13(10-12)17(19)20/h2-10H,11H2,1H3/b8-7+. The Morgan fingerprint density at radius 2 is 2.19 bits per heavy atom. The Morgan fingerprint density at radius 1 is 1.38 bits per heavy atom. The van der Waals surface area contributed by atoms with Crippen LogP contribution in [0, 0.1) is 10.1 Å². The summed E-state index contributed by atoms with van der Waals surface area (Å²) in [5, 5.41) is 12.6. The fourth-order valence-corrected chi connectivity index (χ4v) is 2.51. The number of thiophene rings is 1. The molecule has 0 fully saturated rings. The molecule has 6 heteroatoms. The summed E-state index contributed by atoms with van der Waals surface area (Å²) in [7, 11) is 1.72. The molecular formula is C15H14N2O3S. The zero-order valence-corrected chi connectivity index (χ0v) is 12.2. The Labute approximate surface area is 126 Å². The molecule has 0 spiro atoms. The lowest BCUT2D eigenvalue weighted by Gasteiger charge is -2.13. The van der Waals surface area contributed by atoms with Gasteiger partial charge in [-0.15, -0.1) is 11.3 Å². The molecule has 1 aromatic heterocycles. The fraction of sp³-hybridized carbons (Fsp3) is 0.133. The van der Waals surface area contributed by atoms with Crippen molar-refractivity contribution in [3.05, 3.63) is 68.4 Å². The van der Waals surface area contributed by atoms with Crippen molar-refractivity contribution in [3.63, 3.8) is 0 Å². The topological polar surface area (TPSA) is 63.5 Å². The number of hydrogen-bond acceptors (Lipinski definition) is 4. The first kappa shape index (κ1) is 14.9. The summed E-state index contributed by atoms with van der Waals surface area (Å²) in [6, 6.07) is 10.1. The molecule has 5 nitrogen and oxygen atoms in total. The number of amides is 1. The van der Waals surface area contributed by atoms with Gasteiger partial charge >= 0.3 is 0 Å². The Hall–Kier alpha value is -2.47. The van der Waals surface area contributed by atoms with Crippen molar-refractivity contribution in [1.29, 1.82) is 0 Å². The summed E-state index contributed by atoms with van der Waals surface area (Å²) >= 11 is 1.60. The molecule has 1 aromatic carbocycles. The van der Waals surface area contributed by atoms with Gasteiger partial charge < -0.3 is 4.90 Å². The monoisotopic (exact) mass is 302 g/mol. The van der Waals surface area contributed by atoms with Gasteiger partial charge in [0.2, 0.25) is 5.91 Å². The molecule has 0 radical (unpaired) electrons. The van der Waals surface area contributed by atoms with E-state index >= 15 is 0 Å². The minimum absolute atomic E-state index is 0.0107.